The lowest BCUT2D eigenvalue weighted by Crippen LogP contribution is -2.09. The molecule has 2 aromatic rings. The minimum Gasteiger partial charge on any atom is -0.421 e. The number of nitrogens with two attached hydrogens (primary N) is 1. The first-order valence-electron chi connectivity index (χ1n) is 5.41. The Morgan fingerprint density at radius 2 is 1.94 bits per heavy atom. The summed E-state index contributed by atoms with van der Waals surface area (Å²) in [5.41, 5.74) is 7.63. The van der Waals surface area contributed by atoms with Gasteiger partial charge in [-0.05, 0) is 36.8 Å². The van der Waals surface area contributed by atoms with Crippen molar-refractivity contribution in [1.82, 2.24) is 0 Å². The third-order valence-electron chi connectivity index (χ3n) is 2.55. The highest BCUT2D eigenvalue weighted by Gasteiger charge is 2.11. The highest BCUT2D eigenvalue weighted by Crippen LogP contribution is 2.24. The molecule has 0 atom stereocenters. The van der Waals surface area contributed by atoms with Crippen molar-refractivity contribution in [3.63, 3.8) is 0 Å². The number of nitrogen functional groups attached to an aromatic ring is 1. The summed E-state index contributed by atoms with van der Waals surface area (Å²) in [6.45, 7) is 1.87. The van der Waals surface area contributed by atoms with Crippen LogP contribution in [-0.2, 0) is 0 Å². The molecule has 0 bridgehead atoms. The van der Waals surface area contributed by atoms with E-state index >= 15 is 0 Å². The van der Waals surface area contributed by atoms with Crippen LogP contribution in [0.4, 0.5) is 5.69 Å². The first-order valence-corrected chi connectivity index (χ1v) is 5.78. The Morgan fingerprint density at radius 3 is 2.61 bits per heavy atom. The standard InChI is InChI=1S/C14H12ClNO2/c1-9-6-7-10(8-12(9)16)14(17)18-13-5-3-2-4-11(13)15/h2-8H,16H2,1H3. The lowest BCUT2D eigenvalue weighted by molar-refractivity contribution is 0.0735. The maximum absolute atomic E-state index is 11.9. The molecule has 0 aliphatic rings. The summed E-state index contributed by atoms with van der Waals surface area (Å²) < 4.78 is 5.20. The first kappa shape index (κ1) is 12.5. The van der Waals surface area contributed by atoms with Crippen LogP contribution >= 0.6 is 11.6 Å². The number of hydrogen-bond acceptors (Lipinski definition) is 3. The molecular weight excluding hydrogens is 250 g/mol. The number of para-hydroxylation sites is 1. The van der Waals surface area contributed by atoms with Crippen molar-refractivity contribution in [2.24, 2.45) is 0 Å². The second-order valence-corrected chi connectivity index (χ2v) is 4.30. The number of halogens is 1. The molecule has 0 aliphatic carbocycles. The molecule has 2 aromatic carbocycles. The molecule has 0 unspecified atom stereocenters. The Hall–Kier alpha value is -2.00. The lowest BCUT2D eigenvalue weighted by atomic mass is 10.1. The van der Waals surface area contributed by atoms with E-state index in [0.717, 1.165) is 5.56 Å². The van der Waals surface area contributed by atoms with E-state index in [-0.39, 0.29) is 0 Å². The van der Waals surface area contributed by atoms with E-state index < -0.39 is 5.97 Å². The zero-order chi connectivity index (χ0) is 13.1. The van der Waals surface area contributed by atoms with Crippen LogP contribution in [0, 0.1) is 6.92 Å². The van der Waals surface area contributed by atoms with Gasteiger partial charge in [-0.2, -0.15) is 0 Å². The van der Waals surface area contributed by atoms with Crippen LogP contribution in [0.25, 0.3) is 0 Å². The van der Waals surface area contributed by atoms with Crippen molar-refractivity contribution in [2.45, 2.75) is 6.92 Å². The van der Waals surface area contributed by atoms with Gasteiger partial charge in [0, 0.05) is 5.69 Å². The number of aryl methyl sites for hydroxylation is 1. The lowest BCUT2D eigenvalue weighted by Gasteiger charge is -2.07. The van der Waals surface area contributed by atoms with Crippen LogP contribution in [0.1, 0.15) is 15.9 Å². The summed E-state index contributed by atoms with van der Waals surface area (Å²) in [4.78, 5) is 11.9. The summed E-state index contributed by atoms with van der Waals surface area (Å²) in [5.74, 6) is -0.141. The zero-order valence-corrected chi connectivity index (χ0v) is 10.6. The van der Waals surface area contributed by atoms with E-state index in [2.05, 4.69) is 0 Å². The van der Waals surface area contributed by atoms with E-state index in [1.807, 2.05) is 6.92 Å². The maximum Gasteiger partial charge on any atom is 0.343 e. The Bertz CT molecular complexity index is 596. The smallest absolute Gasteiger partial charge is 0.343 e. The molecule has 18 heavy (non-hydrogen) atoms. The van der Waals surface area contributed by atoms with E-state index in [1.54, 1.807) is 42.5 Å². The predicted molar refractivity (Wildman–Crippen MR) is 72.0 cm³/mol. The van der Waals surface area contributed by atoms with Crippen molar-refractivity contribution < 1.29 is 9.53 Å². The molecule has 3 nitrogen and oxygen atoms in total. The van der Waals surface area contributed by atoms with Crippen molar-refractivity contribution in [3.8, 4) is 5.75 Å². The van der Waals surface area contributed by atoms with Crippen molar-refractivity contribution in [1.29, 1.82) is 0 Å². The molecule has 92 valence electrons. The van der Waals surface area contributed by atoms with Crippen LogP contribution in [-0.4, -0.2) is 5.97 Å². The zero-order valence-electron chi connectivity index (χ0n) is 9.81. The number of anilines is 1. The molecule has 0 saturated heterocycles. The molecular formula is C14H12ClNO2. The van der Waals surface area contributed by atoms with Gasteiger partial charge in [0.25, 0.3) is 0 Å². The van der Waals surface area contributed by atoms with Crippen LogP contribution in [0.15, 0.2) is 42.5 Å². The van der Waals surface area contributed by atoms with Gasteiger partial charge in [-0.25, -0.2) is 4.79 Å². The molecule has 0 aromatic heterocycles. The molecule has 2 rings (SSSR count). The minimum absolute atomic E-state index is 0.336. The van der Waals surface area contributed by atoms with Crippen LogP contribution < -0.4 is 10.5 Å². The first-order chi connectivity index (χ1) is 8.58. The molecule has 0 spiro atoms. The van der Waals surface area contributed by atoms with E-state index in [4.69, 9.17) is 22.1 Å². The van der Waals surface area contributed by atoms with Gasteiger partial charge in [-0.1, -0.05) is 29.8 Å². The molecule has 4 heteroatoms. The Balaban J connectivity index is 2.22. The van der Waals surface area contributed by atoms with Crippen LogP contribution in [0.3, 0.4) is 0 Å². The third-order valence-corrected chi connectivity index (χ3v) is 2.87. The molecule has 0 amide bonds. The summed E-state index contributed by atoms with van der Waals surface area (Å²) in [7, 11) is 0. The Labute approximate surface area is 110 Å². The van der Waals surface area contributed by atoms with Gasteiger partial charge in [-0.15, -0.1) is 0 Å². The molecule has 0 aliphatic heterocycles. The second-order valence-electron chi connectivity index (χ2n) is 3.89. The molecule has 0 fully saturated rings. The minimum atomic E-state index is -0.477. The van der Waals surface area contributed by atoms with E-state index in [0.29, 0.717) is 22.0 Å². The van der Waals surface area contributed by atoms with Gasteiger partial charge < -0.3 is 10.5 Å². The number of rotatable bonds is 2. The Kier molecular flexibility index (Phi) is 3.53. The average Bonchev–Trinajstić information content (AvgIpc) is 2.35. The SMILES string of the molecule is Cc1ccc(C(=O)Oc2ccccc2Cl)cc1N. The second kappa shape index (κ2) is 5.10. The third kappa shape index (κ3) is 2.63. The number of carbonyl (C=O) groups is 1. The number of esters is 1. The molecule has 0 radical (unpaired) electrons. The van der Waals surface area contributed by atoms with Gasteiger partial charge in [0.05, 0.1) is 10.6 Å². The Morgan fingerprint density at radius 1 is 1.22 bits per heavy atom. The van der Waals surface area contributed by atoms with Crippen LogP contribution in [0.5, 0.6) is 5.75 Å². The van der Waals surface area contributed by atoms with Crippen molar-refractivity contribution >= 4 is 23.3 Å². The fourth-order valence-electron chi connectivity index (χ4n) is 1.45. The van der Waals surface area contributed by atoms with E-state index in [1.165, 1.54) is 0 Å². The van der Waals surface area contributed by atoms with Crippen molar-refractivity contribution in [2.75, 3.05) is 5.73 Å². The van der Waals surface area contributed by atoms with Crippen molar-refractivity contribution in [3.05, 3.63) is 58.6 Å². The molecule has 2 N–H and O–H groups in total. The number of hydrogen-bond donors (Lipinski definition) is 1. The average molecular weight is 262 g/mol. The monoisotopic (exact) mass is 261 g/mol. The fraction of sp³-hybridized carbons (Fsp3) is 0.0714. The van der Waals surface area contributed by atoms with Gasteiger partial charge in [0.1, 0.15) is 5.75 Å². The summed E-state index contributed by atoms with van der Waals surface area (Å²) in [5, 5.41) is 0.394. The summed E-state index contributed by atoms with van der Waals surface area (Å²) in [6, 6.07) is 11.9. The van der Waals surface area contributed by atoms with Gasteiger partial charge in [-0.3, -0.25) is 0 Å². The molecule has 0 saturated carbocycles. The largest absolute Gasteiger partial charge is 0.421 e. The summed E-state index contributed by atoms with van der Waals surface area (Å²) >= 11 is 5.91. The van der Waals surface area contributed by atoms with Gasteiger partial charge in [0.15, 0.2) is 0 Å². The number of carbonyl (C=O) groups excluding carboxylic acids is 1. The number of benzene rings is 2. The number of ether oxygens (including phenoxy) is 1. The van der Waals surface area contributed by atoms with Gasteiger partial charge in [0.2, 0.25) is 0 Å². The topological polar surface area (TPSA) is 52.3 Å². The normalized spacial score (nSPS) is 10.1. The van der Waals surface area contributed by atoms with E-state index in [9.17, 15) is 4.79 Å². The van der Waals surface area contributed by atoms with Gasteiger partial charge >= 0.3 is 5.97 Å². The maximum atomic E-state index is 11.9. The van der Waals surface area contributed by atoms with Crippen LogP contribution in [0.2, 0.25) is 5.02 Å². The summed E-state index contributed by atoms with van der Waals surface area (Å²) in [6.07, 6.45) is 0. The quantitative estimate of drug-likeness (QED) is 0.512. The predicted octanol–water partition coefficient (Wildman–Crippen LogP) is 3.45. The highest BCUT2D eigenvalue weighted by atomic mass is 35.5. The fourth-order valence-corrected chi connectivity index (χ4v) is 1.63. The highest BCUT2D eigenvalue weighted by molar-refractivity contribution is 6.32. The molecule has 0 heterocycles.